The summed E-state index contributed by atoms with van der Waals surface area (Å²) in [7, 11) is 2.19. The van der Waals surface area contributed by atoms with Gasteiger partial charge in [-0.3, -0.25) is 0 Å². The Balaban J connectivity index is 1.56. The summed E-state index contributed by atoms with van der Waals surface area (Å²) in [5.74, 6) is 1.01. The molecule has 1 fully saturated rings. The molecule has 0 bridgehead atoms. The molecule has 0 heterocycles. The second-order valence-electron chi connectivity index (χ2n) is 6.57. The van der Waals surface area contributed by atoms with Crippen molar-refractivity contribution < 1.29 is 0 Å². The molecule has 1 aliphatic carbocycles. The standard InChI is InChI=1S/C19H32N2/c1-3-8-17-11-13-18(14-12-17)20-15-7-16-21(2)19-9-5-4-6-10-19/h4-6,9-10,17-18,20H,3,7-8,11-16H2,1-2H3. The van der Waals surface area contributed by atoms with Crippen molar-refractivity contribution in [2.75, 3.05) is 25.0 Å². The van der Waals surface area contributed by atoms with Crippen LogP contribution in [-0.4, -0.2) is 26.2 Å². The van der Waals surface area contributed by atoms with Crippen LogP contribution in [0.5, 0.6) is 0 Å². The zero-order valence-corrected chi connectivity index (χ0v) is 13.9. The minimum Gasteiger partial charge on any atom is -0.375 e. The maximum atomic E-state index is 3.76. The van der Waals surface area contributed by atoms with Crippen LogP contribution in [0.15, 0.2) is 30.3 Å². The number of rotatable bonds is 8. The van der Waals surface area contributed by atoms with Crippen molar-refractivity contribution in [1.82, 2.24) is 5.32 Å². The first-order chi connectivity index (χ1) is 10.3. The van der Waals surface area contributed by atoms with E-state index in [1.165, 1.54) is 50.6 Å². The second-order valence-corrected chi connectivity index (χ2v) is 6.57. The van der Waals surface area contributed by atoms with Crippen molar-refractivity contribution in [1.29, 1.82) is 0 Å². The molecule has 118 valence electrons. The number of hydrogen-bond acceptors (Lipinski definition) is 2. The van der Waals surface area contributed by atoms with E-state index in [-0.39, 0.29) is 0 Å². The molecule has 1 N–H and O–H groups in total. The van der Waals surface area contributed by atoms with Crippen LogP contribution in [0.1, 0.15) is 51.9 Å². The topological polar surface area (TPSA) is 15.3 Å². The molecule has 2 rings (SSSR count). The van der Waals surface area contributed by atoms with Gasteiger partial charge in [-0.25, -0.2) is 0 Å². The average Bonchev–Trinajstić information content (AvgIpc) is 2.54. The van der Waals surface area contributed by atoms with E-state index in [1.807, 2.05) is 0 Å². The Kier molecular flexibility index (Phi) is 7.08. The molecule has 0 amide bonds. The van der Waals surface area contributed by atoms with Crippen LogP contribution in [0, 0.1) is 5.92 Å². The number of para-hydroxylation sites is 1. The highest BCUT2D eigenvalue weighted by Crippen LogP contribution is 2.27. The van der Waals surface area contributed by atoms with E-state index in [0.717, 1.165) is 25.0 Å². The van der Waals surface area contributed by atoms with Crippen LogP contribution >= 0.6 is 0 Å². The van der Waals surface area contributed by atoms with Gasteiger partial charge in [0.15, 0.2) is 0 Å². The summed E-state index contributed by atoms with van der Waals surface area (Å²) in [4.78, 5) is 2.35. The molecule has 0 aromatic heterocycles. The molecule has 0 saturated heterocycles. The van der Waals surface area contributed by atoms with Crippen molar-refractivity contribution in [3.05, 3.63) is 30.3 Å². The van der Waals surface area contributed by atoms with Crippen LogP contribution in [0.4, 0.5) is 5.69 Å². The van der Waals surface area contributed by atoms with E-state index in [1.54, 1.807) is 0 Å². The highest BCUT2D eigenvalue weighted by Gasteiger charge is 2.19. The lowest BCUT2D eigenvalue weighted by molar-refractivity contribution is 0.278. The highest BCUT2D eigenvalue weighted by molar-refractivity contribution is 5.44. The van der Waals surface area contributed by atoms with E-state index in [0.29, 0.717) is 0 Å². The van der Waals surface area contributed by atoms with Crippen molar-refractivity contribution in [2.45, 2.75) is 57.9 Å². The average molecular weight is 288 g/mol. The van der Waals surface area contributed by atoms with Crippen molar-refractivity contribution in [3.63, 3.8) is 0 Å². The van der Waals surface area contributed by atoms with Crippen LogP contribution in [0.3, 0.4) is 0 Å². The van der Waals surface area contributed by atoms with Crippen LogP contribution < -0.4 is 10.2 Å². The molecule has 1 saturated carbocycles. The molecule has 2 heteroatoms. The van der Waals surface area contributed by atoms with Gasteiger partial charge in [0.05, 0.1) is 0 Å². The van der Waals surface area contributed by atoms with Gasteiger partial charge in [0.1, 0.15) is 0 Å². The summed E-state index contributed by atoms with van der Waals surface area (Å²) in [6, 6.07) is 11.4. The Bertz CT molecular complexity index is 368. The number of anilines is 1. The summed E-state index contributed by atoms with van der Waals surface area (Å²) >= 11 is 0. The quantitative estimate of drug-likeness (QED) is 0.710. The van der Waals surface area contributed by atoms with E-state index in [9.17, 15) is 0 Å². The normalized spacial score (nSPS) is 22.2. The molecule has 0 spiro atoms. The predicted molar refractivity (Wildman–Crippen MR) is 93.0 cm³/mol. The van der Waals surface area contributed by atoms with Crippen LogP contribution in [-0.2, 0) is 0 Å². The lowest BCUT2D eigenvalue weighted by atomic mass is 9.83. The maximum Gasteiger partial charge on any atom is 0.0363 e. The zero-order valence-electron chi connectivity index (χ0n) is 13.9. The zero-order chi connectivity index (χ0) is 14.9. The van der Waals surface area contributed by atoms with Gasteiger partial charge in [0.2, 0.25) is 0 Å². The van der Waals surface area contributed by atoms with Gasteiger partial charge in [-0.2, -0.15) is 0 Å². The number of hydrogen-bond donors (Lipinski definition) is 1. The smallest absolute Gasteiger partial charge is 0.0363 e. The maximum absolute atomic E-state index is 3.76. The molecule has 1 aromatic rings. The minimum atomic E-state index is 0.778. The fraction of sp³-hybridized carbons (Fsp3) is 0.684. The van der Waals surface area contributed by atoms with Crippen LogP contribution in [0.2, 0.25) is 0 Å². The third-order valence-electron chi connectivity index (χ3n) is 4.84. The monoisotopic (exact) mass is 288 g/mol. The lowest BCUT2D eigenvalue weighted by Crippen LogP contribution is -2.35. The first-order valence-corrected chi connectivity index (χ1v) is 8.79. The molecule has 21 heavy (non-hydrogen) atoms. The van der Waals surface area contributed by atoms with Gasteiger partial charge < -0.3 is 10.2 Å². The van der Waals surface area contributed by atoms with E-state index in [4.69, 9.17) is 0 Å². The van der Waals surface area contributed by atoms with Gasteiger partial charge in [-0.1, -0.05) is 38.0 Å². The van der Waals surface area contributed by atoms with Gasteiger partial charge >= 0.3 is 0 Å². The first kappa shape index (κ1) is 16.4. The Hall–Kier alpha value is -1.02. The van der Waals surface area contributed by atoms with Crippen LogP contribution in [0.25, 0.3) is 0 Å². The van der Waals surface area contributed by atoms with E-state index in [2.05, 4.69) is 54.5 Å². The highest BCUT2D eigenvalue weighted by atomic mass is 15.1. The number of nitrogens with one attached hydrogen (secondary N) is 1. The van der Waals surface area contributed by atoms with Gasteiger partial charge in [-0.15, -0.1) is 0 Å². The first-order valence-electron chi connectivity index (χ1n) is 8.79. The predicted octanol–water partition coefficient (Wildman–Crippen LogP) is 4.46. The SMILES string of the molecule is CCCC1CCC(NCCCN(C)c2ccccc2)CC1. The number of nitrogens with zero attached hydrogens (tertiary/aromatic N) is 1. The van der Waals surface area contributed by atoms with Gasteiger partial charge in [-0.05, 0) is 56.7 Å². The van der Waals surface area contributed by atoms with Gasteiger partial charge in [0.25, 0.3) is 0 Å². The van der Waals surface area contributed by atoms with E-state index < -0.39 is 0 Å². The third kappa shape index (κ3) is 5.70. The van der Waals surface area contributed by atoms with Crippen molar-refractivity contribution >= 4 is 5.69 Å². The molecule has 1 aromatic carbocycles. The summed E-state index contributed by atoms with van der Waals surface area (Å²) in [6.45, 7) is 4.59. The van der Waals surface area contributed by atoms with Crippen molar-refractivity contribution in [3.8, 4) is 0 Å². The summed E-state index contributed by atoms with van der Waals surface area (Å²) in [5.41, 5.74) is 1.32. The molecule has 1 aliphatic rings. The summed E-state index contributed by atoms with van der Waals surface area (Å²) < 4.78 is 0. The van der Waals surface area contributed by atoms with E-state index >= 15 is 0 Å². The molecular weight excluding hydrogens is 256 g/mol. The third-order valence-corrected chi connectivity index (χ3v) is 4.84. The molecule has 2 nitrogen and oxygen atoms in total. The largest absolute Gasteiger partial charge is 0.375 e. The number of benzene rings is 1. The Morgan fingerprint density at radius 3 is 2.48 bits per heavy atom. The second kappa shape index (κ2) is 9.09. The summed E-state index contributed by atoms with van der Waals surface area (Å²) in [5, 5.41) is 3.76. The molecule has 0 atom stereocenters. The Labute approximate surface area is 130 Å². The molecular formula is C19H32N2. The Morgan fingerprint density at radius 1 is 1.10 bits per heavy atom. The Morgan fingerprint density at radius 2 is 1.81 bits per heavy atom. The van der Waals surface area contributed by atoms with Crippen molar-refractivity contribution in [2.24, 2.45) is 5.92 Å². The minimum absolute atomic E-state index is 0.778. The fourth-order valence-corrected chi connectivity index (χ4v) is 3.50. The molecule has 0 aliphatic heterocycles. The van der Waals surface area contributed by atoms with Gasteiger partial charge in [0, 0.05) is 25.3 Å². The lowest BCUT2D eigenvalue weighted by Gasteiger charge is -2.29. The fourth-order valence-electron chi connectivity index (χ4n) is 3.50. The summed E-state index contributed by atoms with van der Waals surface area (Å²) in [6.07, 6.45) is 9.67. The molecule has 0 unspecified atom stereocenters. The molecule has 0 radical (unpaired) electrons.